The van der Waals surface area contributed by atoms with Gasteiger partial charge in [-0.05, 0) is 73.0 Å². The summed E-state index contributed by atoms with van der Waals surface area (Å²) < 4.78 is 32.2. The lowest BCUT2D eigenvalue weighted by Crippen LogP contribution is -2.16. The average molecular weight is 474 g/mol. The number of phenolic OH excluding ortho intramolecular Hbond substituents is 1. The number of carbonyl (C=O) groups excluding carboxylic acids is 1. The largest absolute Gasteiger partial charge is 0.506 e. The molecule has 1 amide bonds. The number of hydrogen-bond donors (Lipinski definition) is 2. The molecule has 0 fully saturated rings. The number of aryl methyl sites for hydroxylation is 1. The second kappa shape index (κ2) is 9.22. The number of hydrogen-bond acceptors (Lipinski definition) is 5. The first kappa shape index (κ1) is 23.6. The number of ether oxygens (including phenoxy) is 1. The van der Waals surface area contributed by atoms with E-state index in [0.29, 0.717) is 33.1 Å². The number of halogens is 1. The molecular weight excluding hydrogens is 450 g/mol. The van der Waals surface area contributed by atoms with E-state index < -0.39 is 15.7 Å². The highest BCUT2D eigenvalue weighted by molar-refractivity contribution is 7.91. The molecule has 3 aromatic carbocycles. The van der Waals surface area contributed by atoms with Crippen molar-refractivity contribution < 1.29 is 23.1 Å². The molecule has 0 aliphatic rings. The number of amides is 1. The van der Waals surface area contributed by atoms with Gasteiger partial charge in [-0.1, -0.05) is 25.4 Å². The first-order chi connectivity index (χ1) is 15.1. The Morgan fingerprint density at radius 2 is 1.66 bits per heavy atom. The summed E-state index contributed by atoms with van der Waals surface area (Å²) in [5.74, 6) is -0.557. The third-order valence-corrected chi connectivity index (χ3v) is 7.15. The lowest BCUT2D eigenvalue weighted by molar-refractivity contribution is 0.102. The maximum atomic E-state index is 13.5. The average Bonchev–Trinajstić information content (AvgIpc) is 2.75. The van der Waals surface area contributed by atoms with Crippen LogP contribution in [0.2, 0.25) is 5.02 Å². The van der Waals surface area contributed by atoms with Crippen LogP contribution in [0.15, 0.2) is 64.4 Å². The molecule has 168 valence electrons. The van der Waals surface area contributed by atoms with Crippen molar-refractivity contribution in [2.24, 2.45) is 0 Å². The Morgan fingerprint density at radius 3 is 2.19 bits per heavy atom. The van der Waals surface area contributed by atoms with Crippen molar-refractivity contribution in [3.05, 3.63) is 76.3 Å². The minimum Gasteiger partial charge on any atom is -0.506 e. The van der Waals surface area contributed by atoms with Crippen LogP contribution in [-0.2, 0) is 9.84 Å². The molecule has 8 heteroatoms. The van der Waals surface area contributed by atoms with Gasteiger partial charge in [-0.3, -0.25) is 4.79 Å². The first-order valence-corrected chi connectivity index (χ1v) is 11.7. The zero-order valence-corrected chi connectivity index (χ0v) is 19.7. The van der Waals surface area contributed by atoms with Gasteiger partial charge in [0.25, 0.3) is 5.91 Å². The van der Waals surface area contributed by atoms with Crippen molar-refractivity contribution in [1.82, 2.24) is 0 Å². The quantitative estimate of drug-likeness (QED) is 0.456. The summed E-state index contributed by atoms with van der Waals surface area (Å²) in [6.07, 6.45) is 0. The summed E-state index contributed by atoms with van der Waals surface area (Å²) in [4.78, 5) is 12.6. The Balaban J connectivity index is 2.16. The number of rotatable bonds is 6. The Bertz CT molecular complexity index is 1250. The SMILES string of the molecule is COc1ccc(S(=O)(=O)c2c(O)c(C)cc(NC(=O)c3ccc(Cl)cc3)c2C(C)C)cc1. The normalized spacial score (nSPS) is 11.4. The molecule has 3 aromatic rings. The number of carbonyl (C=O) groups is 1. The molecule has 3 rings (SSSR count). The summed E-state index contributed by atoms with van der Waals surface area (Å²) in [7, 11) is -2.61. The Morgan fingerprint density at radius 1 is 1.06 bits per heavy atom. The lowest BCUT2D eigenvalue weighted by atomic mass is 9.98. The fraction of sp³-hybridized carbons (Fsp3) is 0.208. The van der Waals surface area contributed by atoms with Gasteiger partial charge in [-0.15, -0.1) is 0 Å². The van der Waals surface area contributed by atoms with Crippen LogP contribution in [0, 0.1) is 6.92 Å². The van der Waals surface area contributed by atoms with Crippen LogP contribution in [0.4, 0.5) is 5.69 Å². The molecule has 2 N–H and O–H groups in total. The molecule has 0 heterocycles. The molecule has 0 radical (unpaired) electrons. The molecule has 0 atom stereocenters. The highest BCUT2D eigenvalue weighted by Gasteiger charge is 2.30. The van der Waals surface area contributed by atoms with Crippen LogP contribution in [0.25, 0.3) is 0 Å². The van der Waals surface area contributed by atoms with Gasteiger partial charge in [0.05, 0.1) is 12.0 Å². The summed E-state index contributed by atoms with van der Waals surface area (Å²) >= 11 is 5.90. The Kier molecular flexibility index (Phi) is 6.81. The second-order valence-corrected chi connectivity index (χ2v) is 9.95. The third kappa shape index (κ3) is 4.59. The van der Waals surface area contributed by atoms with Crippen LogP contribution < -0.4 is 10.1 Å². The summed E-state index contributed by atoms with van der Waals surface area (Å²) in [5, 5.41) is 14.1. The molecule has 0 aromatic heterocycles. The molecule has 6 nitrogen and oxygen atoms in total. The van der Waals surface area contributed by atoms with E-state index in [4.69, 9.17) is 16.3 Å². The van der Waals surface area contributed by atoms with Crippen LogP contribution in [0.5, 0.6) is 11.5 Å². The van der Waals surface area contributed by atoms with Gasteiger partial charge in [0.15, 0.2) is 0 Å². The zero-order chi connectivity index (χ0) is 23.6. The molecule has 32 heavy (non-hydrogen) atoms. The maximum Gasteiger partial charge on any atom is 0.255 e. The molecule has 0 aliphatic carbocycles. The fourth-order valence-electron chi connectivity index (χ4n) is 3.41. The molecule has 0 unspecified atom stereocenters. The van der Waals surface area contributed by atoms with Crippen molar-refractivity contribution in [3.63, 3.8) is 0 Å². The standard InChI is InChI=1S/C24H24ClNO5S/c1-14(2)21-20(26-24(28)16-5-7-17(25)8-6-16)13-15(3)22(27)23(21)32(29,30)19-11-9-18(31-4)10-12-19/h5-14,27H,1-4H3,(H,26,28). The van der Waals surface area contributed by atoms with Gasteiger partial charge in [-0.25, -0.2) is 8.42 Å². The predicted molar refractivity (Wildman–Crippen MR) is 125 cm³/mol. The Labute approximate surface area is 192 Å². The molecule has 0 spiro atoms. The summed E-state index contributed by atoms with van der Waals surface area (Å²) in [5.41, 5.74) is 1.34. The van der Waals surface area contributed by atoms with Crippen molar-refractivity contribution in [2.75, 3.05) is 12.4 Å². The number of sulfone groups is 1. The molecule has 0 aliphatic heterocycles. The first-order valence-electron chi connectivity index (χ1n) is 9.88. The topological polar surface area (TPSA) is 92.7 Å². The number of methoxy groups -OCH3 is 1. The lowest BCUT2D eigenvalue weighted by Gasteiger charge is -2.21. The van der Waals surface area contributed by atoms with Gasteiger partial charge < -0.3 is 15.2 Å². The van der Waals surface area contributed by atoms with Crippen molar-refractivity contribution in [3.8, 4) is 11.5 Å². The maximum absolute atomic E-state index is 13.5. The van der Waals surface area contributed by atoms with Crippen molar-refractivity contribution in [2.45, 2.75) is 36.5 Å². The van der Waals surface area contributed by atoms with Gasteiger partial charge in [0, 0.05) is 21.8 Å². The van der Waals surface area contributed by atoms with Crippen molar-refractivity contribution in [1.29, 1.82) is 0 Å². The molecule has 0 bridgehead atoms. The monoisotopic (exact) mass is 473 g/mol. The van der Waals surface area contributed by atoms with Crippen molar-refractivity contribution >= 4 is 33.0 Å². The van der Waals surface area contributed by atoms with E-state index in [1.54, 1.807) is 51.1 Å². The highest BCUT2D eigenvalue weighted by Crippen LogP contribution is 2.42. The second-order valence-electron chi connectivity index (χ2n) is 7.63. The van der Waals surface area contributed by atoms with Crippen LogP contribution >= 0.6 is 11.6 Å². The summed E-state index contributed by atoms with van der Waals surface area (Å²) in [6, 6.07) is 13.9. The van der Waals surface area contributed by atoms with E-state index in [-0.39, 0.29) is 21.5 Å². The minimum absolute atomic E-state index is 0.0103. The molecule has 0 saturated carbocycles. The van der Waals surface area contributed by atoms with Gasteiger partial charge in [0.1, 0.15) is 16.4 Å². The smallest absolute Gasteiger partial charge is 0.255 e. The molecule has 0 saturated heterocycles. The van der Waals surface area contributed by atoms with E-state index in [1.807, 2.05) is 0 Å². The number of benzene rings is 3. The minimum atomic E-state index is -4.10. The zero-order valence-electron chi connectivity index (χ0n) is 18.1. The van der Waals surface area contributed by atoms with Crippen LogP contribution in [-0.4, -0.2) is 26.5 Å². The highest BCUT2D eigenvalue weighted by atomic mass is 35.5. The van der Waals surface area contributed by atoms with Crippen LogP contribution in [0.3, 0.4) is 0 Å². The van der Waals surface area contributed by atoms with E-state index in [2.05, 4.69) is 5.32 Å². The van der Waals surface area contributed by atoms with Crippen LogP contribution in [0.1, 0.15) is 41.3 Å². The summed E-state index contributed by atoms with van der Waals surface area (Å²) in [6.45, 7) is 5.19. The van der Waals surface area contributed by atoms with E-state index >= 15 is 0 Å². The van der Waals surface area contributed by atoms with Gasteiger partial charge >= 0.3 is 0 Å². The third-order valence-electron chi connectivity index (χ3n) is 5.05. The number of anilines is 1. The number of aromatic hydroxyl groups is 1. The number of nitrogens with one attached hydrogen (secondary N) is 1. The predicted octanol–water partition coefficient (Wildman–Crippen LogP) is 5.57. The van der Waals surface area contributed by atoms with Gasteiger partial charge in [0.2, 0.25) is 9.84 Å². The van der Waals surface area contributed by atoms with E-state index in [1.165, 1.54) is 31.4 Å². The number of phenols is 1. The fourth-order valence-corrected chi connectivity index (χ4v) is 5.32. The van der Waals surface area contributed by atoms with E-state index in [9.17, 15) is 18.3 Å². The van der Waals surface area contributed by atoms with Gasteiger partial charge in [-0.2, -0.15) is 0 Å². The van der Waals surface area contributed by atoms with E-state index in [0.717, 1.165) is 0 Å². The Hall–Kier alpha value is -3.03. The molecular formula is C24H24ClNO5S.